The van der Waals surface area contributed by atoms with E-state index in [4.69, 9.17) is 5.73 Å². The van der Waals surface area contributed by atoms with Crippen LogP contribution in [0.4, 0.5) is 0 Å². The van der Waals surface area contributed by atoms with Gasteiger partial charge in [0.25, 0.3) is 0 Å². The number of nitrogens with zero attached hydrogens (tertiary/aromatic N) is 1. The molecule has 0 unspecified atom stereocenters. The summed E-state index contributed by atoms with van der Waals surface area (Å²) in [5, 5.41) is 0. The van der Waals surface area contributed by atoms with Crippen molar-refractivity contribution in [2.75, 3.05) is 0 Å². The zero-order valence-corrected chi connectivity index (χ0v) is 7.89. The van der Waals surface area contributed by atoms with E-state index < -0.39 is 0 Å². The van der Waals surface area contributed by atoms with Gasteiger partial charge in [0.05, 0.1) is 6.34 Å². The van der Waals surface area contributed by atoms with Crippen LogP contribution in [0.5, 0.6) is 0 Å². The van der Waals surface area contributed by atoms with Gasteiger partial charge in [0, 0.05) is 6.20 Å². The van der Waals surface area contributed by atoms with Crippen LogP contribution in [0.3, 0.4) is 0 Å². The van der Waals surface area contributed by atoms with Gasteiger partial charge in [-0.05, 0) is 17.4 Å². The zero-order valence-electron chi connectivity index (χ0n) is 7.89. The third-order valence-electron chi connectivity index (χ3n) is 1.66. The highest BCUT2D eigenvalue weighted by atomic mass is 14.8. The van der Waals surface area contributed by atoms with Crippen LogP contribution in [-0.4, -0.2) is 6.34 Å². The molecule has 0 rings (SSSR count). The quantitative estimate of drug-likeness (QED) is 0.481. The normalized spacial score (nSPS) is 14.4. The molecule has 0 amide bonds. The van der Waals surface area contributed by atoms with Gasteiger partial charge in [-0.2, -0.15) is 0 Å². The van der Waals surface area contributed by atoms with E-state index in [0.29, 0.717) is 0 Å². The van der Waals surface area contributed by atoms with E-state index in [1.807, 2.05) is 6.20 Å². The molecule has 0 radical (unpaired) electrons. The third kappa shape index (κ3) is 3.81. The van der Waals surface area contributed by atoms with Crippen molar-refractivity contribution < 1.29 is 0 Å². The lowest BCUT2D eigenvalue weighted by molar-refractivity contribution is 0.487. The van der Waals surface area contributed by atoms with Crippen LogP contribution in [0.15, 0.2) is 16.8 Å². The third-order valence-corrected chi connectivity index (χ3v) is 1.66. The number of aliphatic imine (C=N–C) groups is 1. The molecule has 0 saturated carbocycles. The van der Waals surface area contributed by atoms with E-state index in [0.717, 1.165) is 6.42 Å². The first kappa shape index (κ1) is 10.2. The second kappa shape index (κ2) is 4.16. The van der Waals surface area contributed by atoms with E-state index in [1.54, 1.807) is 0 Å². The van der Waals surface area contributed by atoms with Crippen LogP contribution >= 0.6 is 0 Å². The molecule has 0 spiro atoms. The minimum Gasteiger partial charge on any atom is -0.390 e. The number of hydrogen-bond acceptors (Lipinski definition) is 1. The number of allylic oxidation sites excluding steroid dienone is 1. The van der Waals surface area contributed by atoms with Gasteiger partial charge >= 0.3 is 0 Å². The Morgan fingerprint density at radius 3 is 2.27 bits per heavy atom. The molecule has 0 atom stereocenters. The average molecular weight is 154 g/mol. The van der Waals surface area contributed by atoms with E-state index >= 15 is 0 Å². The lowest BCUT2D eigenvalue weighted by Gasteiger charge is -2.20. The SMILES string of the molecule is CC/C(=C\N=C/N)C(C)(C)C. The van der Waals surface area contributed by atoms with E-state index in [1.165, 1.54) is 11.9 Å². The fourth-order valence-electron chi connectivity index (χ4n) is 0.948. The molecule has 0 fully saturated rings. The Labute approximate surface area is 69.2 Å². The summed E-state index contributed by atoms with van der Waals surface area (Å²) < 4.78 is 0. The molecular weight excluding hydrogens is 136 g/mol. The van der Waals surface area contributed by atoms with Crippen LogP contribution in [0.25, 0.3) is 0 Å². The van der Waals surface area contributed by atoms with Crippen LogP contribution < -0.4 is 5.73 Å². The Hall–Kier alpha value is -0.790. The molecule has 2 nitrogen and oxygen atoms in total. The minimum absolute atomic E-state index is 0.210. The van der Waals surface area contributed by atoms with Crippen LogP contribution in [0, 0.1) is 5.41 Å². The summed E-state index contributed by atoms with van der Waals surface area (Å²) in [6.45, 7) is 8.65. The van der Waals surface area contributed by atoms with Gasteiger partial charge in [-0.3, -0.25) is 0 Å². The van der Waals surface area contributed by atoms with Gasteiger partial charge in [-0.15, -0.1) is 0 Å². The first-order valence-corrected chi connectivity index (χ1v) is 3.95. The summed E-state index contributed by atoms with van der Waals surface area (Å²) in [4.78, 5) is 3.90. The van der Waals surface area contributed by atoms with Crippen LogP contribution in [0.2, 0.25) is 0 Å². The maximum Gasteiger partial charge on any atom is 0.0852 e. The standard InChI is InChI=1S/C9H18N2/c1-5-8(6-11-7-10)9(2,3)4/h6-7H,5H2,1-4H3,(H2,10,11)/b8-6+. The van der Waals surface area contributed by atoms with Gasteiger partial charge in [0.2, 0.25) is 0 Å². The summed E-state index contributed by atoms with van der Waals surface area (Å²) in [6, 6.07) is 0. The second-order valence-electron chi connectivity index (χ2n) is 3.56. The minimum atomic E-state index is 0.210. The van der Waals surface area contributed by atoms with E-state index in [9.17, 15) is 0 Å². The topological polar surface area (TPSA) is 38.4 Å². The monoisotopic (exact) mass is 154 g/mol. The largest absolute Gasteiger partial charge is 0.390 e. The fraction of sp³-hybridized carbons (Fsp3) is 0.667. The molecule has 0 aromatic heterocycles. The Kier molecular flexibility index (Phi) is 3.86. The Morgan fingerprint density at radius 2 is 2.00 bits per heavy atom. The molecule has 64 valence electrons. The van der Waals surface area contributed by atoms with Crippen molar-refractivity contribution in [3.63, 3.8) is 0 Å². The van der Waals surface area contributed by atoms with Crippen LogP contribution in [-0.2, 0) is 0 Å². The molecular formula is C9H18N2. The second-order valence-corrected chi connectivity index (χ2v) is 3.56. The molecule has 0 saturated heterocycles. The van der Waals surface area contributed by atoms with Crippen molar-refractivity contribution in [2.24, 2.45) is 16.1 Å². The molecule has 0 heterocycles. The summed E-state index contributed by atoms with van der Waals surface area (Å²) in [5.41, 5.74) is 6.67. The molecule has 0 aromatic carbocycles. The molecule has 2 N–H and O–H groups in total. The highest BCUT2D eigenvalue weighted by molar-refractivity contribution is 5.52. The Balaban J connectivity index is 4.40. The first-order chi connectivity index (χ1) is 5.02. The number of rotatable bonds is 2. The van der Waals surface area contributed by atoms with Gasteiger partial charge in [-0.25, -0.2) is 4.99 Å². The van der Waals surface area contributed by atoms with E-state index in [2.05, 4.69) is 32.7 Å². The molecule has 0 aliphatic carbocycles. The molecule has 0 aromatic rings. The summed E-state index contributed by atoms with van der Waals surface area (Å²) in [5.74, 6) is 0. The van der Waals surface area contributed by atoms with Crippen molar-refractivity contribution in [3.05, 3.63) is 11.8 Å². The van der Waals surface area contributed by atoms with Crippen molar-refractivity contribution >= 4 is 6.34 Å². The predicted octanol–water partition coefficient (Wildman–Crippen LogP) is 2.31. The Bertz CT molecular complexity index is 161. The summed E-state index contributed by atoms with van der Waals surface area (Å²) in [7, 11) is 0. The summed E-state index contributed by atoms with van der Waals surface area (Å²) >= 11 is 0. The molecule has 0 aliphatic heterocycles. The van der Waals surface area contributed by atoms with Gasteiger partial charge < -0.3 is 5.73 Å². The Morgan fingerprint density at radius 1 is 1.45 bits per heavy atom. The first-order valence-electron chi connectivity index (χ1n) is 3.95. The summed E-state index contributed by atoms with van der Waals surface area (Å²) in [6.07, 6.45) is 4.20. The smallest absolute Gasteiger partial charge is 0.0852 e. The van der Waals surface area contributed by atoms with Gasteiger partial charge in [0.1, 0.15) is 0 Å². The lowest BCUT2D eigenvalue weighted by atomic mass is 9.85. The van der Waals surface area contributed by atoms with Crippen LogP contribution in [0.1, 0.15) is 34.1 Å². The van der Waals surface area contributed by atoms with Crippen molar-refractivity contribution in [3.8, 4) is 0 Å². The molecule has 2 heteroatoms. The molecule has 11 heavy (non-hydrogen) atoms. The lowest BCUT2D eigenvalue weighted by Crippen LogP contribution is -2.08. The molecule has 0 bridgehead atoms. The number of nitrogens with two attached hydrogens (primary N) is 1. The van der Waals surface area contributed by atoms with Crippen molar-refractivity contribution in [1.29, 1.82) is 0 Å². The average Bonchev–Trinajstić information content (AvgIpc) is 1.87. The maximum atomic E-state index is 5.14. The van der Waals surface area contributed by atoms with E-state index in [-0.39, 0.29) is 5.41 Å². The van der Waals surface area contributed by atoms with Gasteiger partial charge in [-0.1, -0.05) is 27.7 Å². The zero-order chi connectivity index (χ0) is 8.91. The van der Waals surface area contributed by atoms with Gasteiger partial charge in [0.15, 0.2) is 0 Å². The fourth-order valence-corrected chi connectivity index (χ4v) is 0.948. The van der Waals surface area contributed by atoms with Crippen molar-refractivity contribution in [2.45, 2.75) is 34.1 Å². The van der Waals surface area contributed by atoms with Crippen molar-refractivity contribution in [1.82, 2.24) is 0 Å². The highest BCUT2D eigenvalue weighted by Gasteiger charge is 2.14. The number of hydrogen-bond donors (Lipinski definition) is 1. The highest BCUT2D eigenvalue weighted by Crippen LogP contribution is 2.27. The molecule has 0 aliphatic rings. The predicted molar refractivity (Wildman–Crippen MR) is 50.5 cm³/mol. The maximum absolute atomic E-state index is 5.14.